The zero-order valence-corrected chi connectivity index (χ0v) is 7.06. The van der Waals surface area contributed by atoms with Crippen LogP contribution in [0.2, 0.25) is 0 Å². The molecule has 0 amide bonds. The summed E-state index contributed by atoms with van der Waals surface area (Å²) in [6, 6.07) is 0. The third kappa shape index (κ3) is 1.72. The van der Waals surface area contributed by atoms with Gasteiger partial charge in [0.05, 0.1) is 5.60 Å². The highest BCUT2D eigenvalue weighted by molar-refractivity contribution is 4.82. The standard InChI is InChI=1S/C9H18O/c1-3-9(10)6-4-8(2)5-7-9/h8,10H,3-7H2,1-2H3/t8-,9-. The van der Waals surface area contributed by atoms with E-state index in [1.165, 1.54) is 12.8 Å². The van der Waals surface area contributed by atoms with Crippen molar-refractivity contribution in [3.63, 3.8) is 0 Å². The van der Waals surface area contributed by atoms with Gasteiger partial charge in [-0.2, -0.15) is 0 Å². The van der Waals surface area contributed by atoms with Gasteiger partial charge in [0.1, 0.15) is 0 Å². The Morgan fingerprint density at radius 3 is 2.30 bits per heavy atom. The van der Waals surface area contributed by atoms with Crippen molar-refractivity contribution in [3.8, 4) is 0 Å². The Labute approximate surface area is 63.4 Å². The highest BCUT2D eigenvalue weighted by Gasteiger charge is 2.29. The van der Waals surface area contributed by atoms with Gasteiger partial charge < -0.3 is 5.11 Å². The second kappa shape index (κ2) is 2.91. The Morgan fingerprint density at radius 1 is 1.40 bits per heavy atom. The molecule has 0 unspecified atom stereocenters. The maximum Gasteiger partial charge on any atom is 0.0645 e. The monoisotopic (exact) mass is 142 g/mol. The molecule has 1 aliphatic rings. The van der Waals surface area contributed by atoms with E-state index >= 15 is 0 Å². The van der Waals surface area contributed by atoms with Crippen LogP contribution < -0.4 is 0 Å². The van der Waals surface area contributed by atoms with E-state index in [4.69, 9.17) is 0 Å². The number of hydrogen-bond donors (Lipinski definition) is 1. The van der Waals surface area contributed by atoms with Crippen LogP contribution in [0.3, 0.4) is 0 Å². The Bertz CT molecular complexity index is 101. The summed E-state index contributed by atoms with van der Waals surface area (Å²) in [5.41, 5.74) is -0.299. The first-order valence-corrected chi connectivity index (χ1v) is 4.39. The van der Waals surface area contributed by atoms with E-state index < -0.39 is 0 Å². The molecule has 60 valence electrons. The Balaban J connectivity index is 2.38. The van der Waals surface area contributed by atoms with Crippen molar-refractivity contribution in [2.45, 2.75) is 51.6 Å². The molecule has 0 radical (unpaired) electrons. The van der Waals surface area contributed by atoms with Gasteiger partial charge in [-0.1, -0.05) is 13.8 Å². The molecule has 0 spiro atoms. The molecule has 0 saturated heterocycles. The first-order chi connectivity index (χ1) is 4.66. The minimum Gasteiger partial charge on any atom is -0.390 e. The first-order valence-electron chi connectivity index (χ1n) is 4.39. The van der Waals surface area contributed by atoms with Crippen molar-refractivity contribution in [3.05, 3.63) is 0 Å². The molecule has 0 aromatic carbocycles. The lowest BCUT2D eigenvalue weighted by Crippen LogP contribution is -2.32. The molecule has 0 aromatic heterocycles. The number of aliphatic hydroxyl groups is 1. The Hall–Kier alpha value is -0.0400. The van der Waals surface area contributed by atoms with Gasteiger partial charge in [-0.05, 0) is 38.0 Å². The highest BCUT2D eigenvalue weighted by atomic mass is 16.3. The summed E-state index contributed by atoms with van der Waals surface area (Å²) in [7, 11) is 0. The van der Waals surface area contributed by atoms with Crippen LogP contribution in [0, 0.1) is 5.92 Å². The van der Waals surface area contributed by atoms with Gasteiger partial charge in [0.2, 0.25) is 0 Å². The predicted octanol–water partition coefficient (Wildman–Crippen LogP) is 2.34. The molecule has 0 aliphatic heterocycles. The molecule has 1 heteroatoms. The quantitative estimate of drug-likeness (QED) is 0.595. The summed E-state index contributed by atoms with van der Waals surface area (Å²) in [5.74, 6) is 0.840. The zero-order valence-electron chi connectivity index (χ0n) is 7.06. The van der Waals surface area contributed by atoms with E-state index in [0.717, 1.165) is 25.2 Å². The molecule has 1 rings (SSSR count). The topological polar surface area (TPSA) is 20.2 Å². The molecule has 1 N–H and O–H groups in total. The van der Waals surface area contributed by atoms with Crippen LogP contribution in [-0.4, -0.2) is 10.7 Å². The van der Waals surface area contributed by atoms with Gasteiger partial charge in [0.25, 0.3) is 0 Å². The lowest BCUT2D eigenvalue weighted by atomic mass is 9.78. The number of hydrogen-bond acceptors (Lipinski definition) is 1. The van der Waals surface area contributed by atoms with Crippen molar-refractivity contribution < 1.29 is 5.11 Å². The predicted molar refractivity (Wildman–Crippen MR) is 42.9 cm³/mol. The van der Waals surface area contributed by atoms with Crippen LogP contribution in [0.5, 0.6) is 0 Å². The van der Waals surface area contributed by atoms with Gasteiger partial charge in [0.15, 0.2) is 0 Å². The Kier molecular flexibility index (Phi) is 2.35. The summed E-state index contributed by atoms with van der Waals surface area (Å²) >= 11 is 0. The van der Waals surface area contributed by atoms with Crippen LogP contribution in [-0.2, 0) is 0 Å². The van der Waals surface area contributed by atoms with Gasteiger partial charge in [-0.15, -0.1) is 0 Å². The smallest absolute Gasteiger partial charge is 0.0645 e. The van der Waals surface area contributed by atoms with Gasteiger partial charge >= 0.3 is 0 Å². The summed E-state index contributed by atoms with van der Waals surface area (Å²) in [5, 5.41) is 9.80. The Morgan fingerprint density at radius 2 is 1.90 bits per heavy atom. The molecule has 0 bridgehead atoms. The molecule has 0 atom stereocenters. The molecule has 1 aliphatic carbocycles. The normalized spacial score (nSPS) is 41.7. The molecule has 10 heavy (non-hydrogen) atoms. The third-order valence-corrected chi connectivity index (χ3v) is 2.86. The SMILES string of the molecule is CC[C@]1(O)CC[C@H](C)CC1. The van der Waals surface area contributed by atoms with Crippen LogP contribution in [0.1, 0.15) is 46.0 Å². The lowest BCUT2D eigenvalue weighted by Gasteiger charge is -2.33. The molecule has 1 fully saturated rings. The molecule has 1 saturated carbocycles. The zero-order chi connectivity index (χ0) is 7.61. The van der Waals surface area contributed by atoms with Crippen LogP contribution in [0.15, 0.2) is 0 Å². The third-order valence-electron chi connectivity index (χ3n) is 2.86. The van der Waals surface area contributed by atoms with Crippen LogP contribution >= 0.6 is 0 Å². The average molecular weight is 142 g/mol. The highest BCUT2D eigenvalue weighted by Crippen LogP contribution is 2.33. The van der Waals surface area contributed by atoms with E-state index in [0.29, 0.717) is 0 Å². The van der Waals surface area contributed by atoms with E-state index in [1.54, 1.807) is 0 Å². The lowest BCUT2D eigenvalue weighted by molar-refractivity contribution is -0.0103. The second-order valence-corrected chi connectivity index (χ2v) is 3.76. The summed E-state index contributed by atoms with van der Waals surface area (Å²) < 4.78 is 0. The molecule has 0 heterocycles. The van der Waals surface area contributed by atoms with Crippen molar-refractivity contribution in [1.29, 1.82) is 0 Å². The maximum absolute atomic E-state index is 9.80. The maximum atomic E-state index is 9.80. The average Bonchev–Trinajstić information content (AvgIpc) is 1.96. The second-order valence-electron chi connectivity index (χ2n) is 3.76. The fourth-order valence-electron chi connectivity index (χ4n) is 1.65. The largest absolute Gasteiger partial charge is 0.390 e. The summed E-state index contributed by atoms with van der Waals surface area (Å²) in [6.45, 7) is 4.35. The van der Waals surface area contributed by atoms with E-state index in [9.17, 15) is 5.11 Å². The van der Waals surface area contributed by atoms with E-state index in [-0.39, 0.29) is 5.60 Å². The van der Waals surface area contributed by atoms with Crippen molar-refractivity contribution in [2.24, 2.45) is 5.92 Å². The summed E-state index contributed by atoms with van der Waals surface area (Å²) in [4.78, 5) is 0. The van der Waals surface area contributed by atoms with Crippen LogP contribution in [0.25, 0.3) is 0 Å². The van der Waals surface area contributed by atoms with E-state index in [2.05, 4.69) is 13.8 Å². The fourth-order valence-corrected chi connectivity index (χ4v) is 1.65. The molecular formula is C9H18O. The minimum atomic E-state index is -0.299. The minimum absolute atomic E-state index is 0.299. The fraction of sp³-hybridized carbons (Fsp3) is 1.00. The summed E-state index contributed by atoms with van der Waals surface area (Å²) in [6.07, 6.45) is 5.39. The van der Waals surface area contributed by atoms with Crippen molar-refractivity contribution in [2.75, 3.05) is 0 Å². The molecule has 1 nitrogen and oxygen atoms in total. The number of rotatable bonds is 1. The molecule has 0 aromatic rings. The van der Waals surface area contributed by atoms with Gasteiger partial charge in [0, 0.05) is 0 Å². The van der Waals surface area contributed by atoms with Crippen molar-refractivity contribution >= 4 is 0 Å². The van der Waals surface area contributed by atoms with Crippen molar-refractivity contribution in [1.82, 2.24) is 0 Å². The first kappa shape index (κ1) is 8.06. The van der Waals surface area contributed by atoms with Crippen LogP contribution in [0.4, 0.5) is 0 Å². The van der Waals surface area contributed by atoms with Gasteiger partial charge in [-0.25, -0.2) is 0 Å². The van der Waals surface area contributed by atoms with Gasteiger partial charge in [-0.3, -0.25) is 0 Å². The van der Waals surface area contributed by atoms with E-state index in [1.807, 2.05) is 0 Å². The molecular weight excluding hydrogens is 124 g/mol.